The summed E-state index contributed by atoms with van der Waals surface area (Å²) in [5.74, 6) is -0.504. The van der Waals surface area contributed by atoms with Gasteiger partial charge < -0.3 is 10.4 Å². The summed E-state index contributed by atoms with van der Waals surface area (Å²) in [6.45, 7) is 0.162. The Morgan fingerprint density at radius 3 is 2.88 bits per heavy atom. The van der Waals surface area contributed by atoms with Crippen molar-refractivity contribution < 1.29 is 14.3 Å². The Morgan fingerprint density at radius 2 is 2.19 bits per heavy atom. The summed E-state index contributed by atoms with van der Waals surface area (Å²) in [4.78, 5) is 11.1. The van der Waals surface area contributed by atoms with Crippen LogP contribution in [0.2, 0.25) is 0 Å². The van der Waals surface area contributed by atoms with Crippen molar-refractivity contribution >= 4 is 12.0 Å². The molecule has 0 aromatic heterocycles. The fourth-order valence-corrected chi connectivity index (χ4v) is 1.17. The minimum atomic E-state index is -0.311. The number of aliphatic hydroxyl groups is 1. The smallest absolute Gasteiger partial charge is 0.223 e. The number of nitrogens with one attached hydrogen (secondary N) is 1. The van der Waals surface area contributed by atoms with Crippen molar-refractivity contribution in [2.24, 2.45) is 0 Å². The van der Waals surface area contributed by atoms with Crippen LogP contribution in [0.1, 0.15) is 12.0 Å². The summed E-state index contributed by atoms with van der Waals surface area (Å²) >= 11 is 0. The average molecular weight is 223 g/mol. The summed E-state index contributed by atoms with van der Waals surface area (Å²) in [7, 11) is 0. The average Bonchev–Trinajstić information content (AvgIpc) is 2.29. The molecule has 0 saturated heterocycles. The van der Waals surface area contributed by atoms with Crippen LogP contribution in [0, 0.1) is 5.82 Å². The summed E-state index contributed by atoms with van der Waals surface area (Å²) in [6.07, 6.45) is 3.33. The highest BCUT2D eigenvalue weighted by atomic mass is 19.1. The van der Waals surface area contributed by atoms with E-state index in [4.69, 9.17) is 5.11 Å². The molecule has 1 aromatic rings. The fourth-order valence-electron chi connectivity index (χ4n) is 1.17. The molecule has 0 aliphatic carbocycles. The standard InChI is InChI=1S/C12H14FNO2/c13-11-6-2-1-4-10(11)5-3-7-12(16)14-8-9-15/h1-6,15H,7-9H2,(H,14,16)/b5-3+. The molecule has 0 bridgehead atoms. The van der Waals surface area contributed by atoms with Crippen molar-refractivity contribution in [3.63, 3.8) is 0 Å². The Hall–Kier alpha value is -1.68. The molecule has 1 rings (SSSR count). The Labute approximate surface area is 93.6 Å². The molecule has 0 unspecified atom stereocenters. The second kappa shape index (κ2) is 6.74. The lowest BCUT2D eigenvalue weighted by Crippen LogP contribution is -2.25. The lowest BCUT2D eigenvalue weighted by atomic mass is 10.2. The predicted molar refractivity (Wildman–Crippen MR) is 60.1 cm³/mol. The van der Waals surface area contributed by atoms with Gasteiger partial charge in [0.2, 0.25) is 5.91 Å². The van der Waals surface area contributed by atoms with E-state index < -0.39 is 0 Å². The number of hydrogen-bond donors (Lipinski definition) is 2. The summed E-state index contributed by atoms with van der Waals surface area (Å²) in [5, 5.41) is 11.0. The molecule has 1 amide bonds. The number of rotatable bonds is 5. The third kappa shape index (κ3) is 4.23. The second-order valence-corrected chi connectivity index (χ2v) is 3.20. The minimum Gasteiger partial charge on any atom is -0.395 e. The monoisotopic (exact) mass is 223 g/mol. The third-order valence-electron chi connectivity index (χ3n) is 1.94. The number of hydrogen-bond acceptors (Lipinski definition) is 2. The second-order valence-electron chi connectivity index (χ2n) is 3.20. The van der Waals surface area contributed by atoms with Gasteiger partial charge in [0.15, 0.2) is 0 Å². The molecule has 0 atom stereocenters. The molecule has 0 aliphatic rings. The summed E-state index contributed by atoms with van der Waals surface area (Å²) in [6, 6.07) is 6.35. The molecule has 1 aromatic carbocycles. The van der Waals surface area contributed by atoms with Gasteiger partial charge in [-0.15, -0.1) is 0 Å². The zero-order valence-corrected chi connectivity index (χ0v) is 8.82. The van der Waals surface area contributed by atoms with Crippen molar-refractivity contribution in [3.8, 4) is 0 Å². The number of carbonyl (C=O) groups is 1. The van der Waals surface area contributed by atoms with Gasteiger partial charge >= 0.3 is 0 Å². The maximum absolute atomic E-state index is 13.1. The van der Waals surface area contributed by atoms with Gasteiger partial charge in [0.1, 0.15) is 5.82 Å². The van der Waals surface area contributed by atoms with E-state index in [2.05, 4.69) is 5.32 Å². The van der Waals surface area contributed by atoms with Crippen LogP contribution < -0.4 is 5.32 Å². The van der Waals surface area contributed by atoms with E-state index in [-0.39, 0.29) is 31.3 Å². The molecule has 3 nitrogen and oxygen atoms in total. The van der Waals surface area contributed by atoms with E-state index in [0.717, 1.165) is 0 Å². The van der Waals surface area contributed by atoms with Crippen molar-refractivity contribution in [1.29, 1.82) is 0 Å². The first-order valence-electron chi connectivity index (χ1n) is 5.02. The van der Waals surface area contributed by atoms with Crippen LogP contribution in [0.4, 0.5) is 4.39 Å². The lowest BCUT2D eigenvalue weighted by Gasteiger charge is -1.99. The van der Waals surface area contributed by atoms with E-state index in [0.29, 0.717) is 5.56 Å². The first-order valence-corrected chi connectivity index (χ1v) is 5.02. The largest absolute Gasteiger partial charge is 0.395 e. The molecule has 0 fully saturated rings. The Morgan fingerprint density at radius 1 is 1.44 bits per heavy atom. The molecule has 0 heterocycles. The highest BCUT2D eigenvalue weighted by molar-refractivity contribution is 5.78. The van der Waals surface area contributed by atoms with Crippen LogP contribution >= 0.6 is 0 Å². The Bertz CT molecular complexity index is 377. The van der Waals surface area contributed by atoms with Gasteiger partial charge in [0, 0.05) is 18.5 Å². The molecular weight excluding hydrogens is 209 g/mol. The van der Waals surface area contributed by atoms with Crippen LogP contribution in [-0.2, 0) is 4.79 Å². The molecule has 16 heavy (non-hydrogen) atoms. The quantitative estimate of drug-likeness (QED) is 0.791. The lowest BCUT2D eigenvalue weighted by molar-refractivity contribution is -0.120. The molecule has 2 N–H and O–H groups in total. The van der Waals surface area contributed by atoms with Crippen molar-refractivity contribution in [1.82, 2.24) is 5.32 Å². The summed E-state index contributed by atoms with van der Waals surface area (Å²) in [5.41, 5.74) is 0.456. The van der Waals surface area contributed by atoms with Crippen LogP contribution in [0.25, 0.3) is 6.08 Å². The van der Waals surface area contributed by atoms with Crippen molar-refractivity contribution in [3.05, 3.63) is 41.7 Å². The van der Waals surface area contributed by atoms with Crippen molar-refractivity contribution in [2.75, 3.05) is 13.2 Å². The number of halogens is 1. The maximum atomic E-state index is 13.1. The van der Waals surface area contributed by atoms with E-state index in [1.165, 1.54) is 6.07 Å². The summed E-state index contributed by atoms with van der Waals surface area (Å²) < 4.78 is 13.1. The van der Waals surface area contributed by atoms with Gasteiger partial charge in [-0.3, -0.25) is 4.79 Å². The molecule has 0 saturated carbocycles. The van der Waals surface area contributed by atoms with Crippen LogP contribution in [0.15, 0.2) is 30.3 Å². The van der Waals surface area contributed by atoms with E-state index >= 15 is 0 Å². The van der Waals surface area contributed by atoms with Gasteiger partial charge in [0.25, 0.3) is 0 Å². The topological polar surface area (TPSA) is 49.3 Å². The van der Waals surface area contributed by atoms with Gasteiger partial charge in [-0.25, -0.2) is 4.39 Å². The highest BCUT2D eigenvalue weighted by Gasteiger charge is 1.97. The van der Waals surface area contributed by atoms with Gasteiger partial charge in [-0.05, 0) is 6.07 Å². The van der Waals surface area contributed by atoms with Crippen LogP contribution in [0.5, 0.6) is 0 Å². The van der Waals surface area contributed by atoms with Gasteiger partial charge in [0.05, 0.1) is 6.61 Å². The molecule has 0 spiro atoms. The number of amides is 1. The Kier molecular flexibility index (Phi) is 5.22. The van der Waals surface area contributed by atoms with Crippen molar-refractivity contribution in [2.45, 2.75) is 6.42 Å². The fraction of sp³-hybridized carbons (Fsp3) is 0.250. The molecular formula is C12H14FNO2. The van der Waals surface area contributed by atoms with E-state index in [1.54, 1.807) is 30.4 Å². The minimum absolute atomic E-state index is 0.0806. The number of aliphatic hydroxyl groups excluding tert-OH is 1. The number of benzene rings is 1. The molecule has 4 heteroatoms. The first kappa shape index (κ1) is 12.4. The van der Waals surface area contributed by atoms with Gasteiger partial charge in [-0.1, -0.05) is 30.4 Å². The normalized spacial score (nSPS) is 10.6. The highest BCUT2D eigenvalue weighted by Crippen LogP contribution is 2.08. The Balaban J connectivity index is 2.43. The first-order chi connectivity index (χ1) is 7.74. The predicted octanol–water partition coefficient (Wildman–Crippen LogP) is 1.34. The third-order valence-corrected chi connectivity index (χ3v) is 1.94. The zero-order valence-electron chi connectivity index (χ0n) is 8.82. The molecule has 0 aliphatic heterocycles. The SMILES string of the molecule is O=C(C/C=C/c1ccccc1F)NCCO. The maximum Gasteiger partial charge on any atom is 0.223 e. The van der Waals surface area contributed by atoms with E-state index in [9.17, 15) is 9.18 Å². The molecule has 0 radical (unpaired) electrons. The van der Waals surface area contributed by atoms with Gasteiger partial charge in [-0.2, -0.15) is 0 Å². The van der Waals surface area contributed by atoms with Crippen LogP contribution in [-0.4, -0.2) is 24.2 Å². The van der Waals surface area contributed by atoms with E-state index in [1.807, 2.05) is 0 Å². The zero-order chi connectivity index (χ0) is 11.8. The molecule has 86 valence electrons. The number of carbonyl (C=O) groups excluding carboxylic acids is 1. The van der Waals surface area contributed by atoms with Crippen LogP contribution in [0.3, 0.4) is 0 Å².